The smallest absolute Gasteiger partial charge is 0.251 e. The molecule has 2 amide bonds. The molecule has 1 aliphatic rings. The zero-order valence-electron chi connectivity index (χ0n) is 21.4. The van der Waals surface area contributed by atoms with Crippen molar-refractivity contribution in [1.29, 1.82) is 0 Å². The van der Waals surface area contributed by atoms with E-state index < -0.39 is 5.82 Å². The Labute approximate surface area is 229 Å². The van der Waals surface area contributed by atoms with E-state index in [-0.39, 0.29) is 24.8 Å². The minimum Gasteiger partial charge on any atom is -0.399 e. The van der Waals surface area contributed by atoms with Gasteiger partial charge in [-0.25, -0.2) is 9.07 Å². The van der Waals surface area contributed by atoms with Crippen molar-refractivity contribution in [2.45, 2.75) is 13.0 Å². The first-order valence-corrected chi connectivity index (χ1v) is 12.8. The minimum absolute atomic E-state index is 0.0752. The molecule has 198 valence electrons. The van der Waals surface area contributed by atoms with Gasteiger partial charge in [-0.15, -0.1) is 5.10 Å². The summed E-state index contributed by atoms with van der Waals surface area (Å²) in [5, 5.41) is 11.8. The number of anilines is 2. The predicted octanol–water partition coefficient (Wildman–Crippen LogP) is 4.99. The number of carbonyl (C=O) groups excluding carboxylic acids is 2. The molecule has 40 heavy (non-hydrogen) atoms. The van der Waals surface area contributed by atoms with Crippen LogP contribution in [0.1, 0.15) is 22.3 Å². The highest BCUT2D eigenvalue weighted by molar-refractivity contribution is 6.01. The summed E-state index contributed by atoms with van der Waals surface area (Å²) in [5.74, 6) is -0.940. The first kappa shape index (κ1) is 25.0. The number of nitrogens with one attached hydrogen (secondary N) is 1. The van der Waals surface area contributed by atoms with E-state index in [4.69, 9.17) is 5.73 Å². The zero-order chi connectivity index (χ0) is 27.6. The van der Waals surface area contributed by atoms with E-state index in [9.17, 15) is 14.0 Å². The van der Waals surface area contributed by atoms with Gasteiger partial charge in [0.2, 0.25) is 5.91 Å². The van der Waals surface area contributed by atoms with E-state index in [1.54, 1.807) is 9.58 Å². The second-order valence-electron chi connectivity index (χ2n) is 9.46. The number of nitrogens with two attached hydrogens (primary N) is 1. The molecule has 0 saturated carbocycles. The lowest BCUT2D eigenvalue weighted by atomic mass is 9.95. The number of carbonyl (C=O) groups is 2. The predicted molar refractivity (Wildman–Crippen MR) is 151 cm³/mol. The molecule has 3 N–H and O–H groups in total. The lowest BCUT2D eigenvalue weighted by Crippen LogP contribution is -2.35. The van der Waals surface area contributed by atoms with Crippen molar-refractivity contribution in [1.82, 2.24) is 20.3 Å². The Morgan fingerprint density at radius 1 is 0.875 bits per heavy atom. The Morgan fingerprint density at radius 3 is 2.35 bits per heavy atom. The van der Waals surface area contributed by atoms with Crippen molar-refractivity contribution in [3.8, 4) is 28.2 Å². The van der Waals surface area contributed by atoms with Crippen LogP contribution in [0.2, 0.25) is 0 Å². The third-order valence-corrected chi connectivity index (χ3v) is 6.89. The summed E-state index contributed by atoms with van der Waals surface area (Å²) in [4.78, 5) is 27.9. The summed E-state index contributed by atoms with van der Waals surface area (Å²) < 4.78 is 15.0. The quantitative estimate of drug-likeness (QED) is 0.310. The number of nitrogens with zero attached hydrogens (tertiary/aromatic N) is 4. The maximum atomic E-state index is 13.7. The lowest BCUT2D eigenvalue weighted by Gasteiger charge is -2.29. The number of para-hydroxylation sites is 1. The standard InChI is InChI=1S/C31H25FN6O2/c32-22-11-9-20(10-12-22)31(40)34-18-17-28(39)37-19-21-5-1-2-6-25(21)29-30(26-7-3-4-8-27(26)37)38(36-35-29)24-15-13-23(33)14-16-24/h1-16H,17-19,33H2,(H,34,40). The van der Waals surface area contributed by atoms with Gasteiger partial charge in [-0.3, -0.25) is 9.59 Å². The monoisotopic (exact) mass is 532 g/mol. The highest BCUT2D eigenvalue weighted by Gasteiger charge is 2.29. The normalized spacial score (nSPS) is 12.0. The third-order valence-electron chi connectivity index (χ3n) is 6.89. The largest absolute Gasteiger partial charge is 0.399 e. The molecule has 9 heteroatoms. The van der Waals surface area contributed by atoms with Crippen LogP contribution in [0.3, 0.4) is 0 Å². The molecule has 0 bridgehead atoms. The highest BCUT2D eigenvalue weighted by Crippen LogP contribution is 2.42. The molecule has 0 fully saturated rings. The average molecular weight is 533 g/mol. The molecule has 0 atom stereocenters. The second-order valence-corrected chi connectivity index (χ2v) is 9.46. The first-order valence-electron chi connectivity index (χ1n) is 12.8. The number of amides is 2. The molecule has 0 spiro atoms. The first-order chi connectivity index (χ1) is 19.5. The minimum atomic E-state index is -0.418. The van der Waals surface area contributed by atoms with Crippen LogP contribution in [0.5, 0.6) is 0 Å². The van der Waals surface area contributed by atoms with E-state index in [0.717, 1.165) is 33.8 Å². The summed E-state index contributed by atoms with van der Waals surface area (Å²) in [5.41, 5.74) is 12.5. The van der Waals surface area contributed by atoms with Crippen LogP contribution in [0.15, 0.2) is 97.1 Å². The molecular weight excluding hydrogens is 507 g/mol. The lowest BCUT2D eigenvalue weighted by molar-refractivity contribution is -0.118. The number of aromatic nitrogens is 3. The second kappa shape index (κ2) is 10.5. The van der Waals surface area contributed by atoms with Crippen molar-refractivity contribution < 1.29 is 14.0 Å². The van der Waals surface area contributed by atoms with Crippen molar-refractivity contribution in [3.05, 3.63) is 114 Å². The molecule has 2 heterocycles. The van der Waals surface area contributed by atoms with E-state index in [1.165, 1.54) is 24.3 Å². The van der Waals surface area contributed by atoms with Gasteiger partial charge in [0, 0.05) is 35.3 Å². The number of halogens is 1. The summed E-state index contributed by atoms with van der Waals surface area (Å²) in [6.45, 7) is 0.456. The van der Waals surface area contributed by atoms with Gasteiger partial charge in [0.15, 0.2) is 0 Å². The van der Waals surface area contributed by atoms with Gasteiger partial charge in [0.25, 0.3) is 5.91 Å². The van der Waals surface area contributed by atoms with Crippen LogP contribution in [-0.4, -0.2) is 33.4 Å². The Bertz CT molecular complexity index is 1710. The summed E-state index contributed by atoms with van der Waals surface area (Å²) in [6.07, 6.45) is 0.0752. The number of hydrogen-bond donors (Lipinski definition) is 2. The average Bonchev–Trinajstić information content (AvgIpc) is 3.40. The molecule has 0 saturated heterocycles. The van der Waals surface area contributed by atoms with Gasteiger partial charge in [-0.2, -0.15) is 0 Å². The van der Waals surface area contributed by atoms with Gasteiger partial charge in [-0.05, 0) is 60.2 Å². The maximum absolute atomic E-state index is 13.7. The number of nitrogen functional groups attached to an aromatic ring is 1. The molecule has 0 radical (unpaired) electrons. The highest BCUT2D eigenvalue weighted by atomic mass is 19.1. The molecule has 0 aliphatic carbocycles. The van der Waals surface area contributed by atoms with Crippen LogP contribution >= 0.6 is 0 Å². The van der Waals surface area contributed by atoms with E-state index in [0.29, 0.717) is 23.5 Å². The topological polar surface area (TPSA) is 106 Å². The fourth-order valence-corrected chi connectivity index (χ4v) is 4.90. The van der Waals surface area contributed by atoms with E-state index >= 15 is 0 Å². The maximum Gasteiger partial charge on any atom is 0.251 e. The fraction of sp³-hybridized carbons (Fsp3) is 0.0968. The number of rotatable bonds is 5. The Morgan fingerprint density at radius 2 is 1.57 bits per heavy atom. The Balaban J connectivity index is 1.36. The van der Waals surface area contributed by atoms with Crippen LogP contribution in [0.25, 0.3) is 28.2 Å². The molecule has 4 aromatic carbocycles. The zero-order valence-corrected chi connectivity index (χ0v) is 21.4. The van der Waals surface area contributed by atoms with Crippen molar-refractivity contribution in [2.24, 2.45) is 0 Å². The van der Waals surface area contributed by atoms with Gasteiger partial charge in [0.05, 0.1) is 17.9 Å². The molecule has 8 nitrogen and oxygen atoms in total. The number of fused-ring (bicyclic) bond motifs is 5. The molecule has 1 aromatic heterocycles. The third kappa shape index (κ3) is 4.69. The number of hydrogen-bond acceptors (Lipinski definition) is 5. The van der Waals surface area contributed by atoms with Crippen molar-refractivity contribution >= 4 is 23.2 Å². The fourth-order valence-electron chi connectivity index (χ4n) is 4.90. The summed E-state index contributed by atoms with van der Waals surface area (Å²) in [7, 11) is 0. The van der Waals surface area contributed by atoms with Crippen LogP contribution in [0.4, 0.5) is 15.8 Å². The Kier molecular flexibility index (Phi) is 6.53. The van der Waals surface area contributed by atoms with Crippen LogP contribution in [0, 0.1) is 5.82 Å². The van der Waals surface area contributed by atoms with Gasteiger partial charge in [0.1, 0.15) is 17.2 Å². The van der Waals surface area contributed by atoms with Crippen LogP contribution in [-0.2, 0) is 11.3 Å². The molecule has 0 unspecified atom stereocenters. The molecule has 6 rings (SSSR count). The molecule has 1 aliphatic heterocycles. The van der Waals surface area contributed by atoms with Crippen LogP contribution < -0.4 is 16.0 Å². The molecular formula is C31H25FN6O2. The van der Waals surface area contributed by atoms with Crippen molar-refractivity contribution in [2.75, 3.05) is 17.2 Å². The van der Waals surface area contributed by atoms with Gasteiger partial charge >= 0.3 is 0 Å². The number of benzene rings is 4. The van der Waals surface area contributed by atoms with Crippen molar-refractivity contribution in [3.63, 3.8) is 0 Å². The molecule has 5 aromatic rings. The van der Waals surface area contributed by atoms with Gasteiger partial charge < -0.3 is 16.0 Å². The van der Waals surface area contributed by atoms with Gasteiger partial charge in [-0.1, -0.05) is 47.7 Å². The Hall–Kier alpha value is -5.31. The SMILES string of the molecule is Nc1ccc(-n2nnc3c2-c2ccccc2N(C(=O)CCNC(=O)c2ccc(F)cc2)Cc2ccccc2-3)cc1. The summed E-state index contributed by atoms with van der Waals surface area (Å²) >= 11 is 0. The van der Waals surface area contributed by atoms with E-state index in [2.05, 4.69) is 15.6 Å². The van der Waals surface area contributed by atoms with E-state index in [1.807, 2.05) is 72.8 Å². The summed E-state index contributed by atoms with van der Waals surface area (Å²) in [6, 6.07) is 28.2.